The van der Waals surface area contributed by atoms with Crippen molar-refractivity contribution in [3.63, 3.8) is 0 Å². The van der Waals surface area contributed by atoms with Crippen LogP contribution in [0.25, 0.3) is 0 Å². The Morgan fingerprint density at radius 2 is 1.81 bits per heavy atom. The highest BCUT2D eigenvalue weighted by Crippen LogP contribution is 1.98. The lowest BCUT2D eigenvalue weighted by atomic mass is 10.2. The molecule has 0 aromatic heterocycles. The van der Waals surface area contributed by atoms with Gasteiger partial charge in [0.1, 0.15) is 12.6 Å². The summed E-state index contributed by atoms with van der Waals surface area (Å²) >= 11 is 0. The number of aliphatic carboxylic acids is 1. The van der Waals surface area contributed by atoms with E-state index in [1.165, 1.54) is 4.90 Å². The Hall–Kier alpha value is -1.23. The van der Waals surface area contributed by atoms with Crippen LogP contribution in [-0.4, -0.2) is 79.4 Å². The van der Waals surface area contributed by atoms with Crippen molar-refractivity contribution >= 4 is 22.0 Å². The summed E-state index contributed by atoms with van der Waals surface area (Å²) in [5, 5.41) is 19.8. The number of nitrogens with one attached hydrogen (secondary N) is 1. The summed E-state index contributed by atoms with van der Waals surface area (Å²) in [4.78, 5) is 24.4. The van der Waals surface area contributed by atoms with E-state index in [1.54, 1.807) is 0 Å². The second-order valence-corrected chi connectivity index (χ2v) is 6.53. The molecule has 0 unspecified atom stereocenters. The van der Waals surface area contributed by atoms with Crippen molar-refractivity contribution in [3.05, 3.63) is 0 Å². The summed E-state index contributed by atoms with van der Waals surface area (Å²) in [7, 11) is -4.45. The van der Waals surface area contributed by atoms with E-state index in [9.17, 15) is 32.8 Å². The standard InChI is InChI=1S/C11H20N2O7S/c14-9(8-21(18,19)20)7-12-3-5-13(6-4-12)10(15)1-2-11(16)17/h9,14H,1-8H2,(H,16,17)(H,18,19,20)/p-1/t9-/m1/s1. The highest BCUT2D eigenvalue weighted by Gasteiger charge is 2.25. The van der Waals surface area contributed by atoms with Gasteiger partial charge in [0, 0.05) is 12.4 Å². The number of aliphatic hydroxyl groups is 1. The van der Waals surface area contributed by atoms with Crippen molar-refractivity contribution in [3.8, 4) is 0 Å². The van der Waals surface area contributed by atoms with Gasteiger partial charge in [-0.25, -0.2) is 8.42 Å². The van der Waals surface area contributed by atoms with E-state index in [0.29, 0.717) is 26.2 Å². The number of nitrogens with zero attached hydrogens (tertiary/aromatic N) is 1. The predicted molar refractivity (Wildman–Crippen MR) is 67.0 cm³/mol. The van der Waals surface area contributed by atoms with Gasteiger partial charge in [0.15, 0.2) is 0 Å². The van der Waals surface area contributed by atoms with Crippen LogP contribution in [0.1, 0.15) is 12.8 Å². The van der Waals surface area contributed by atoms with Crippen molar-refractivity contribution < 1.29 is 37.7 Å². The van der Waals surface area contributed by atoms with Crippen LogP contribution in [0.15, 0.2) is 0 Å². The molecule has 21 heavy (non-hydrogen) atoms. The van der Waals surface area contributed by atoms with Crippen LogP contribution in [0.2, 0.25) is 0 Å². The van der Waals surface area contributed by atoms with Crippen molar-refractivity contribution in [2.45, 2.75) is 18.9 Å². The lowest BCUT2D eigenvalue weighted by Crippen LogP contribution is -3.16. The van der Waals surface area contributed by atoms with Crippen molar-refractivity contribution in [1.29, 1.82) is 0 Å². The van der Waals surface area contributed by atoms with Gasteiger partial charge in [0.25, 0.3) is 0 Å². The Kier molecular flexibility index (Phi) is 6.52. The number of hydrogen-bond acceptors (Lipinski definition) is 7. The number of rotatable bonds is 7. The molecule has 0 aromatic carbocycles. The number of carboxylic acid groups (broad SMARTS) is 1. The number of piperazine rings is 1. The first-order valence-corrected chi connectivity index (χ1v) is 8.18. The monoisotopic (exact) mass is 323 g/mol. The first-order chi connectivity index (χ1) is 9.67. The molecule has 1 rings (SSSR count). The minimum absolute atomic E-state index is 0.102. The van der Waals surface area contributed by atoms with E-state index in [0.717, 1.165) is 4.90 Å². The van der Waals surface area contributed by atoms with Crippen LogP contribution in [0.3, 0.4) is 0 Å². The first kappa shape index (κ1) is 17.8. The van der Waals surface area contributed by atoms with Gasteiger partial charge in [-0.3, -0.25) is 4.79 Å². The number of carbonyl (C=O) groups excluding carboxylic acids is 2. The fraction of sp³-hybridized carbons (Fsp3) is 0.818. The fourth-order valence-electron chi connectivity index (χ4n) is 2.27. The van der Waals surface area contributed by atoms with Crippen LogP contribution in [0, 0.1) is 0 Å². The average molecular weight is 323 g/mol. The molecule has 0 saturated carbocycles. The number of aliphatic hydroxyl groups excluding tert-OH is 1. The minimum atomic E-state index is -4.45. The van der Waals surface area contributed by atoms with Crippen molar-refractivity contribution in [2.24, 2.45) is 0 Å². The van der Waals surface area contributed by atoms with Crippen LogP contribution >= 0.6 is 0 Å². The van der Waals surface area contributed by atoms with E-state index in [-0.39, 0.29) is 25.3 Å². The van der Waals surface area contributed by atoms with Gasteiger partial charge in [-0.1, -0.05) is 0 Å². The lowest BCUT2D eigenvalue weighted by molar-refractivity contribution is -0.906. The van der Waals surface area contributed by atoms with Gasteiger partial charge < -0.3 is 29.4 Å². The lowest BCUT2D eigenvalue weighted by Gasteiger charge is -2.33. The van der Waals surface area contributed by atoms with Gasteiger partial charge in [0.05, 0.1) is 42.1 Å². The molecule has 1 amide bonds. The topological polar surface area (TPSA) is 142 Å². The van der Waals surface area contributed by atoms with Gasteiger partial charge >= 0.3 is 0 Å². The molecule has 1 aliphatic heterocycles. The zero-order chi connectivity index (χ0) is 16.0. The molecular formula is C11H19N2O7S-. The number of carbonyl (C=O) groups is 2. The average Bonchev–Trinajstić information content (AvgIpc) is 2.34. The molecule has 1 fully saturated rings. The van der Waals surface area contributed by atoms with Crippen LogP contribution < -0.4 is 10.0 Å². The number of hydrogen-bond donors (Lipinski definition) is 2. The Balaban J connectivity index is 2.32. The maximum atomic E-state index is 11.7. The summed E-state index contributed by atoms with van der Waals surface area (Å²) in [5.41, 5.74) is 0. The number of amides is 1. The fourth-order valence-corrected chi connectivity index (χ4v) is 2.86. The van der Waals surface area contributed by atoms with E-state index in [1.807, 2.05) is 0 Å². The molecule has 2 N–H and O–H groups in total. The molecule has 1 atom stereocenters. The van der Waals surface area contributed by atoms with Crippen LogP contribution in [0.5, 0.6) is 0 Å². The van der Waals surface area contributed by atoms with E-state index >= 15 is 0 Å². The molecule has 0 spiro atoms. The molecule has 10 heteroatoms. The zero-order valence-corrected chi connectivity index (χ0v) is 12.3. The molecule has 0 bridgehead atoms. The first-order valence-electron chi connectivity index (χ1n) is 6.60. The van der Waals surface area contributed by atoms with E-state index in [4.69, 9.17) is 0 Å². The maximum Gasteiger partial charge on any atom is 0.223 e. The van der Waals surface area contributed by atoms with Gasteiger partial charge in [0.2, 0.25) is 5.91 Å². The summed E-state index contributed by atoms with van der Waals surface area (Å²) in [6.45, 7) is 1.94. The molecule has 122 valence electrons. The number of carboxylic acids is 1. The van der Waals surface area contributed by atoms with Gasteiger partial charge in [-0.05, 0) is 6.42 Å². The van der Waals surface area contributed by atoms with E-state index in [2.05, 4.69) is 0 Å². The van der Waals surface area contributed by atoms with Crippen LogP contribution in [-0.2, 0) is 19.7 Å². The highest BCUT2D eigenvalue weighted by atomic mass is 32.2. The van der Waals surface area contributed by atoms with Gasteiger partial charge in [-0.15, -0.1) is 0 Å². The highest BCUT2D eigenvalue weighted by molar-refractivity contribution is 7.85. The minimum Gasteiger partial charge on any atom is -0.748 e. The summed E-state index contributed by atoms with van der Waals surface area (Å²) < 4.78 is 31.6. The molecule has 1 heterocycles. The zero-order valence-electron chi connectivity index (χ0n) is 11.5. The summed E-state index contributed by atoms with van der Waals surface area (Å²) in [6, 6.07) is 0. The van der Waals surface area contributed by atoms with Gasteiger partial charge in [-0.2, -0.15) is 0 Å². The smallest absolute Gasteiger partial charge is 0.223 e. The maximum absolute atomic E-state index is 11.7. The third-order valence-electron chi connectivity index (χ3n) is 3.29. The number of quaternary nitrogens is 1. The van der Waals surface area contributed by atoms with Crippen molar-refractivity contribution in [2.75, 3.05) is 38.5 Å². The van der Waals surface area contributed by atoms with Crippen molar-refractivity contribution in [1.82, 2.24) is 4.90 Å². The quantitative estimate of drug-likeness (QED) is 0.447. The normalized spacial score (nSPS) is 18.5. The predicted octanol–water partition coefficient (Wildman–Crippen LogP) is -4.85. The third-order valence-corrected chi connectivity index (χ3v) is 4.08. The summed E-state index contributed by atoms with van der Waals surface area (Å²) in [6.07, 6.45) is -1.64. The Morgan fingerprint density at radius 1 is 1.24 bits per heavy atom. The molecule has 9 nitrogen and oxygen atoms in total. The van der Waals surface area contributed by atoms with E-state index < -0.39 is 27.9 Å². The Morgan fingerprint density at radius 3 is 2.29 bits per heavy atom. The Bertz CT molecular complexity index is 471. The SMILES string of the molecule is O=C([O-])CCC(=O)N1CC[NH+](C[C@@H](O)CS(=O)(=O)[O-])CC1. The molecule has 1 aliphatic rings. The molecule has 0 aromatic rings. The largest absolute Gasteiger partial charge is 0.748 e. The Labute approximate surface area is 122 Å². The molecule has 1 saturated heterocycles. The third kappa shape index (κ3) is 7.37. The van der Waals surface area contributed by atoms with Crippen LogP contribution in [0.4, 0.5) is 0 Å². The second-order valence-electron chi connectivity index (χ2n) is 5.09. The second kappa shape index (κ2) is 7.69. The molecule has 0 aliphatic carbocycles. The molecule has 0 radical (unpaired) electrons. The molecular weight excluding hydrogens is 304 g/mol. The summed E-state index contributed by atoms with van der Waals surface area (Å²) in [5.74, 6) is -2.35.